The van der Waals surface area contributed by atoms with Crippen LogP contribution in [0.1, 0.15) is 31.9 Å². The van der Waals surface area contributed by atoms with Crippen LogP contribution in [0.5, 0.6) is 0 Å². The maximum atomic E-state index is 13.5. The van der Waals surface area contributed by atoms with Crippen molar-refractivity contribution in [3.63, 3.8) is 0 Å². The molecule has 4 nitrogen and oxygen atoms in total. The molecule has 0 saturated carbocycles. The van der Waals surface area contributed by atoms with Gasteiger partial charge in [0.25, 0.3) is 0 Å². The molecule has 0 bridgehead atoms. The van der Waals surface area contributed by atoms with Crippen LogP contribution in [0.3, 0.4) is 0 Å². The quantitative estimate of drug-likeness (QED) is 0.856. The summed E-state index contributed by atoms with van der Waals surface area (Å²) < 4.78 is 18.9. The van der Waals surface area contributed by atoms with Crippen molar-refractivity contribution in [2.45, 2.75) is 39.7 Å². The molecule has 1 saturated heterocycles. The van der Waals surface area contributed by atoms with E-state index in [4.69, 9.17) is 4.74 Å². The lowest BCUT2D eigenvalue weighted by molar-refractivity contribution is 0.0146. The zero-order chi connectivity index (χ0) is 17.0. The monoisotopic (exact) mass is 322 g/mol. The Labute approximate surface area is 138 Å². The summed E-state index contributed by atoms with van der Waals surface area (Å²) in [5.41, 5.74) is 1.24. The Bertz CT molecular complexity index is 546. The molecule has 0 atom stereocenters. The molecule has 0 radical (unpaired) electrons. The van der Waals surface area contributed by atoms with E-state index >= 15 is 0 Å². The number of hydrogen-bond donors (Lipinski definition) is 0. The minimum Gasteiger partial charge on any atom is -0.444 e. The van der Waals surface area contributed by atoms with E-state index in [2.05, 4.69) is 4.90 Å². The van der Waals surface area contributed by atoms with Crippen LogP contribution < -0.4 is 0 Å². The van der Waals surface area contributed by atoms with Gasteiger partial charge in [-0.1, -0.05) is 12.1 Å². The topological polar surface area (TPSA) is 32.8 Å². The number of piperazine rings is 1. The Morgan fingerprint density at radius 2 is 1.87 bits per heavy atom. The second-order valence-corrected chi connectivity index (χ2v) is 7.14. The number of benzene rings is 1. The number of aryl methyl sites for hydroxylation is 1. The summed E-state index contributed by atoms with van der Waals surface area (Å²) >= 11 is 0. The van der Waals surface area contributed by atoms with Crippen molar-refractivity contribution in [1.82, 2.24) is 9.80 Å². The zero-order valence-corrected chi connectivity index (χ0v) is 14.6. The molecular weight excluding hydrogens is 295 g/mol. The predicted octanol–water partition coefficient (Wildman–Crippen LogP) is 3.23. The summed E-state index contributed by atoms with van der Waals surface area (Å²) in [5.74, 6) is -0.141. The number of rotatable bonds is 3. The molecule has 1 aliphatic heterocycles. The van der Waals surface area contributed by atoms with Crippen LogP contribution >= 0.6 is 0 Å². The van der Waals surface area contributed by atoms with E-state index in [0.717, 1.165) is 31.6 Å². The highest BCUT2D eigenvalue weighted by Crippen LogP contribution is 2.13. The van der Waals surface area contributed by atoms with Crippen LogP contribution in [0.2, 0.25) is 0 Å². The summed E-state index contributed by atoms with van der Waals surface area (Å²) in [6.45, 7) is 11.3. The third kappa shape index (κ3) is 5.50. The first-order valence-electron chi connectivity index (χ1n) is 8.20. The minimum atomic E-state index is -0.455. The normalized spacial score (nSPS) is 16.5. The summed E-state index contributed by atoms with van der Waals surface area (Å²) in [6, 6.07) is 5.42. The SMILES string of the molecule is Cc1ccc(CCN2CCN(C(=O)OC(C)(C)C)CC2)cc1F. The zero-order valence-electron chi connectivity index (χ0n) is 14.6. The lowest BCUT2D eigenvalue weighted by Crippen LogP contribution is -2.50. The van der Waals surface area contributed by atoms with Gasteiger partial charge in [-0.2, -0.15) is 0 Å². The van der Waals surface area contributed by atoms with Gasteiger partial charge in [0.2, 0.25) is 0 Å². The Morgan fingerprint density at radius 1 is 1.22 bits per heavy atom. The van der Waals surface area contributed by atoms with E-state index in [-0.39, 0.29) is 11.9 Å². The molecule has 0 N–H and O–H groups in total. The van der Waals surface area contributed by atoms with E-state index in [0.29, 0.717) is 18.7 Å². The van der Waals surface area contributed by atoms with Gasteiger partial charge in [0.1, 0.15) is 11.4 Å². The largest absolute Gasteiger partial charge is 0.444 e. The van der Waals surface area contributed by atoms with E-state index in [1.54, 1.807) is 17.9 Å². The molecule has 1 fully saturated rings. The first kappa shape index (κ1) is 17.7. The van der Waals surface area contributed by atoms with Crippen molar-refractivity contribution in [3.8, 4) is 0 Å². The molecule has 0 aliphatic carbocycles. The summed E-state index contributed by atoms with van der Waals surface area (Å²) in [4.78, 5) is 16.1. The first-order valence-corrected chi connectivity index (χ1v) is 8.20. The molecule has 0 spiro atoms. The van der Waals surface area contributed by atoms with E-state index in [1.807, 2.05) is 32.9 Å². The average Bonchev–Trinajstić information content (AvgIpc) is 2.47. The number of nitrogens with zero attached hydrogens (tertiary/aromatic N) is 2. The smallest absolute Gasteiger partial charge is 0.410 e. The van der Waals surface area contributed by atoms with Gasteiger partial charge in [0, 0.05) is 32.7 Å². The highest BCUT2D eigenvalue weighted by atomic mass is 19.1. The van der Waals surface area contributed by atoms with E-state index in [9.17, 15) is 9.18 Å². The molecule has 0 aromatic heterocycles. The van der Waals surface area contributed by atoms with Gasteiger partial charge in [-0.3, -0.25) is 4.90 Å². The lowest BCUT2D eigenvalue weighted by Gasteiger charge is -2.35. The van der Waals surface area contributed by atoms with Gasteiger partial charge < -0.3 is 9.64 Å². The highest BCUT2D eigenvalue weighted by Gasteiger charge is 2.25. The van der Waals surface area contributed by atoms with Gasteiger partial charge >= 0.3 is 6.09 Å². The number of carbonyl (C=O) groups excluding carboxylic acids is 1. The van der Waals surface area contributed by atoms with Crippen LogP contribution in [0, 0.1) is 12.7 Å². The van der Waals surface area contributed by atoms with Crippen molar-refractivity contribution >= 4 is 6.09 Å². The lowest BCUT2D eigenvalue weighted by atomic mass is 10.1. The van der Waals surface area contributed by atoms with Crippen LogP contribution in [0.15, 0.2) is 18.2 Å². The average molecular weight is 322 g/mol. The molecule has 1 amide bonds. The third-order valence-electron chi connectivity index (χ3n) is 3.98. The van der Waals surface area contributed by atoms with Crippen molar-refractivity contribution in [2.75, 3.05) is 32.7 Å². The molecule has 1 aliphatic rings. The maximum Gasteiger partial charge on any atom is 0.410 e. The second-order valence-electron chi connectivity index (χ2n) is 7.14. The third-order valence-corrected chi connectivity index (χ3v) is 3.98. The molecule has 1 heterocycles. The van der Waals surface area contributed by atoms with Crippen molar-refractivity contribution < 1.29 is 13.9 Å². The second kappa shape index (κ2) is 7.30. The Kier molecular flexibility index (Phi) is 5.63. The number of amides is 1. The first-order chi connectivity index (χ1) is 10.7. The molecule has 128 valence electrons. The number of ether oxygens (including phenoxy) is 1. The fourth-order valence-electron chi connectivity index (χ4n) is 2.56. The Hall–Kier alpha value is -1.62. The molecule has 23 heavy (non-hydrogen) atoms. The molecule has 5 heteroatoms. The number of hydrogen-bond acceptors (Lipinski definition) is 3. The molecular formula is C18H27FN2O2. The van der Waals surface area contributed by atoms with Gasteiger partial charge in [-0.25, -0.2) is 9.18 Å². The van der Waals surface area contributed by atoms with Crippen LogP contribution in [0.25, 0.3) is 0 Å². The van der Waals surface area contributed by atoms with Crippen molar-refractivity contribution in [3.05, 3.63) is 35.1 Å². The molecule has 2 rings (SSSR count). The van der Waals surface area contributed by atoms with Crippen molar-refractivity contribution in [1.29, 1.82) is 0 Å². The summed E-state index contributed by atoms with van der Waals surface area (Å²) in [6.07, 6.45) is 0.585. The summed E-state index contributed by atoms with van der Waals surface area (Å²) in [7, 11) is 0. The standard InChI is InChI=1S/C18H27FN2O2/c1-14-5-6-15(13-16(14)19)7-8-20-9-11-21(12-10-20)17(22)23-18(2,3)4/h5-6,13H,7-12H2,1-4H3. The molecule has 0 unspecified atom stereocenters. The Morgan fingerprint density at radius 3 is 2.43 bits per heavy atom. The van der Waals surface area contributed by atoms with Gasteiger partial charge in [-0.15, -0.1) is 0 Å². The maximum absolute atomic E-state index is 13.5. The number of halogens is 1. The highest BCUT2D eigenvalue weighted by molar-refractivity contribution is 5.68. The summed E-state index contributed by atoms with van der Waals surface area (Å²) in [5, 5.41) is 0. The minimum absolute atomic E-state index is 0.141. The van der Waals surface area contributed by atoms with Gasteiger partial charge in [0.05, 0.1) is 0 Å². The fraction of sp³-hybridized carbons (Fsp3) is 0.611. The predicted molar refractivity (Wildman–Crippen MR) is 89.1 cm³/mol. The van der Waals surface area contributed by atoms with Crippen LogP contribution in [-0.2, 0) is 11.2 Å². The van der Waals surface area contributed by atoms with Crippen molar-refractivity contribution in [2.24, 2.45) is 0 Å². The van der Waals surface area contributed by atoms with Gasteiger partial charge in [-0.05, 0) is 51.3 Å². The van der Waals surface area contributed by atoms with Crippen LogP contribution in [0.4, 0.5) is 9.18 Å². The Balaban J connectivity index is 1.76. The van der Waals surface area contributed by atoms with E-state index in [1.165, 1.54) is 0 Å². The fourth-order valence-corrected chi connectivity index (χ4v) is 2.56. The molecule has 1 aromatic rings. The van der Waals surface area contributed by atoms with E-state index < -0.39 is 5.60 Å². The molecule has 1 aromatic carbocycles. The van der Waals surface area contributed by atoms with Gasteiger partial charge in [0.15, 0.2) is 0 Å². The van der Waals surface area contributed by atoms with Crippen LogP contribution in [-0.4, -0.2) is 54.2 Å². The number of carbonyl (C=O) groups is 1.